The lowest BCUT2D eigenvalue weighted by atomic mass is 10.0. The first-order chi connectivity index (χ1) is 17.8. The number of aliphatic hydroxyl groups is 1. The van der Waals surface area contributed by atoms with Crippen molar-refractivity contribution in [2.24, 2.45) is 9.98 Å². The van der Waals surface area contributed by atoms with Gasteiger partial charge in [-0.05, 0) is 0 Å². The maximum atomic E-state index is 9.90. The normalized spacial score (nSPS) is 10.5. The lowest BCUT2D eigenvalue weighted by Gasteiger charge is -2.10. The Morgan fingerprint density at radius 1 is 0.500 bits per heavy atom. The van der Waals surface area contributed by atoms with Crippen LogP contribution < -0.4 is 0 Å². The van der Waals surface area contributed by atoms with Gasteiger partial charge < -0.3 is 5.11 Å². The molecule has 4 aromatic carbocycles. The molecule has 0 atom stereocenters. The van der Waals surface area contributed by atoms with Crippen molar-refractivity contribution >= 4 is 23.1 Å². The Labute approximate surface area is 210 Å². The van der Waals surface area contributed by atoms with Gasteiger partial charge in [0.15, 0.2) is 17.5 Å². The van der Waals surface area contributed by atoms with Crippen molar-refractivity contribution in [2.45, 2.75) is 6.61 Å². The molecule has 0 unspecified atom stereocenters. The molecule has 174 valence electrons. The number of hydrogen-bond acceptors (Lipinski definition) is 5. The number of aromatic nitrogens is 2. The fraction of sp³-hybridized carbons (Fsp3) is 0.0323. The van der Waals surface area contributed by atoms with E-state index >= 15 is 0 Å². The van der Waals surface area contributed by atoms with Crippen molar-refractivity contribution < 1.29 is 5.11 Å². The molecular formula is C31H24N4O. The van der Waals surface area contributed by atoms with Gasteiger partial charge in [-0.15, -0.1) is 0 Å². The van der Waals surface area contributed by atoms with Crippen LogP contribution in [0.25, 0.3) is 0 Å². The number of nitrogens with zero attached hydrogens (tertiary/aromatic N) is 4. The van der Waals surface area contributed by atoms with Crippen LogP contribution in [0.1, 0.15) is 28.1 Å². The van der Waals surface area contributed by atoms with Gasteiger partial charge in [0, 0.05) is 28.3 Å². The molecule has 0 radical (unpaired) electrons. The number of aliphatic imine (C=N–C) groups is 2. The highest BCUT2D eigenvalue weighted by Crippen LogP contribution is 2.23. The molecule has 1 heterocycles. The maximum Gasteiger partial charge on any atom is 0.158 e. The molecular weight excluding hydrogens is 444 g/mol. The zero-order valence-corrected chi connectivity index (χ0v) is 19.6. The monoisotopic (exact) mass is 468 g/mol. The summed E-state index contributed by atoms with van der Waals surface area (Å²) in [6.07, 6.45) is 0. The summed E-state index contributed by atoms with van der Waals surface area (Å²) < 4.78 is 0. The molecule has 0 bridgehead atoms. The van der Waals surface area contributed by atoms with Gasteiger partial charge in [0.2, 0.25) is 0 Å². The molecule has 0 saturated carbocycles. The van der Waals surface area contributed by atoms with Crippen LogP contribution in [-0.4, -0.2) is 26.5 Å². The van der Waals surface area contributed by atoms with Crippen molar-refractivity contribution in [1.82, 2.24) is 9.97 Å². The van der Waals surface area contributed by atoms with E-state index in [-0.39, 0.29) is 12.4 Å². The predicted molar refractivity (Wildman–Crippen MR) is 144 cm³/mol. The van der Waals surface area contributed by atoms with Gasteiger partial charge in [0.05, 0.1) is 11.4 Å². The molecule has 0 aliphatic rings. The van der Waals surface area contributed by atoms with E-state index in [0.717, 1.165) is 33.7 Å². The highest BCUT2D eigenvalue weighted by atomic mass is 16.3. The SMILES string of the molecule is OCc1nc(N=C(c2ccccc2)c2ccccc2)cc(N=C(c2ccccc2)c2ccccc2)n1. The average Bonchev–Trinajstić information content (AvgIpc) is 2.96. The van der Waals surface area contributed by atoms with Crippen molar-refractivity contribution in [1.29, 1.82) is 0 Å². The Morgan fingerprint density at radius 2 is 0.806 bits per heavy atom. The lowest BCUT2D eigenvalue weighted by Crippen LogP contribution is -2.05. The third-order valence-corrected chi connectivity index (χ3v) is 5.53. The first-order valence-electron chi connectivity index (χ1n) is 11.7. The average molecular weight is 469 g/mol. The zero-order chi connectivity index (χ0) is 24.6. The van der Waals surface area contributed by atoms with Crippen molar-refractivity contribution in [3.05, 3.63) is 155 Å². The lowest BCUT2D eigenvalue weighted by molar-refractivity contribution is 0.271. The Bertz CT molecular complexity index is 1290. The Morgan fingerprint density at radius 3 is 1.08 bits per heavy atom. The van der Waals surface area contributed by atoms with E-state index in [0.29, 0.717) is 11.6 Å². The van der Waals surface area contributed by atoms with Gasteiger partial charge in [0.1, 0.15) is 6.61 Å². The van der Waals surface area contributed by atoms with Gasteiger partial charge >= 0.3 is 0 Å². The van der Waals surface area contributed by atoms with Crippen LogP contribution in [0.5, 0.6) is 0 Å². The number of aliphatic hydroxyl groups excluding tert-OH is 1. The topological polar surface area (TPSA) is 70.7 Å². The molecule has 1 aromatic heterocycles. The minimum absolute atomic E-state index is 0.260. The van der Waals surface area contributed by atoms with Gasteiger partial charge in [-0.1, -0.05) is 121 Å². The second kappa shape index (κ2) is 11.1. The van der Waals surface area contributed by atoms with E-state index in [1.54, 1.807) is 6.07 Å². The first-order valence-corrected chi connectivity index (χ1v) is 11.7. The summed E-state index contributed by atoms with van der Waals surface area (Å²) in [5.74, 6) is 1.11. The predicted octanol–water partition coefficient (Wildman–Crippen LogP) is 6.31. The van der Waals surface area contributed by atoms with Gasteiger partial charge in [-0.2, -0.15) is 0 Å². The van der Waals surface area contributed by atoms with E-state index in [1.807, 2.05) is 121 Å². The summed E-state index contributed by atoms with van der Waals surface area (Å²) in [7, 11) is 0. The summed E-state index contributed by atoms with van der Waals surface area (Å²) in [5, 5.41) is 9.90. The number of hydrogen-bond donors (Lipinski definition) is 1. The van der Waals surface area contributed by atoms with Crippen molar-refractivity contribution in [3.8, 4) is 0 Å². The van der Waals surface area contributed by atoms with Crippen LogP contribution >= 0.6 is 0 Å². The van der Waals surface area contributed by atoms with Crippen molar-refractivity contribution in [2.75, 3.05) is 0 Å². The van der Waals surface area contributed by atoms with E-state index in [9.17, 15) is 5.11 Å². The third-order valence-electron chi connectivity index (χ3n) is 5.53. The summed E-state index contributed by atoms with van der Waals surface area (Å²) in [4.78, 5) is 18.8. The van der Waals surface area contributed by atoms with Crippen LogP contribution in [0.15, 0.2) is 137 Å². The van der Waals surface area contributed by atoms with E-state index in [4.69, 9.17) is 9.98 Å². The fourth-order valence-corrected chi connectivity index (χ4v) is 3.86. The van der Waals surface area contributed by atoms with Gasteiger partial charge in [0.25, 0.3) is 0 Å². The van der Waals surface area contributed by atoms with Crippen LogP contribution in [0.4, 0.5) is 11.6 Å². The van der Waals surface area contributed by atoms with Crippen molar-refractivity contribution in [3.63, 3.8) is 0 Å². The first kappa shape index (κ1) is 23.0. The molecule has 5 heteroatoms. The molecule has 0 amide bonds. The Hall–Kier alpha value is -4.74. The minimum Gasteiger partial charge on any atom is -0.388 e. The summed E-state index contributed by atoms with van der Waals surface area (Å²) in [6.45, 7) is -0.316. The molecule has 0 fully saturated rings. The molecule has 1 N–H and O–H groups in total. The smallest absolute Gasteiger partial charge is 0.158 e. The molecule has 5 aromatic rings. The minimum atomic E-state index is -0.316. The van der Waals surface area contributed by atoms with Crippen LogP contribution in [-0.2, 0) is 6.61 Å². The van der Waals surface area contributed by atoms with E-state index in [1.165, 1.54) is 0 Å². The molecule has 0 aliphatic heterocycles. The maximum absolute atomic E-state index is 9.90. The highest BCUT2D eigenvalue weighted by Gasteiger charge is 2.12. The molecule has 0 saturated heterocycles. The summed E-state index contributed by atoms with van der Waals surface area (Å²) >= 11 is 0. The Kier molecular flexibility index (Phi) is 7.11. The summed E-state index contributed by atoms with van der Waals surface area (Å²) in [5.41, 5.74) is 5.42. The number of benzene rings is 4. The largest absolute Gasteiger partial charge is 0.388 e. The second-order valence-corrected chi connectivity index (χ2v) is 8.04. The highest BCUT2D eigenvalue weighted by molar-refractivity contribution is 6.14. The van der Waals surface area contributed by atoms with Crippen LogP contribution in [0.3, 0.4) is 0 Å². The molecule has 5 nitrogen and oxygen atoms in total. The fourth-order valence-electron chi connectivity index (χ4n) is 3.86. The zero-order valence-electron chi connectivity index (χ0n) is 19.6. The summed E-state index contributed by atoms with van der Waals surface area (Å²) in [6, 6.07) is 41.6. The molecule has 0 spiro atoms. The molecule has 0 aliphatic carbocycles. The van der Waals surface area contributed by atoms with E-state index in [2.05, 4.69) is 9.97 Å². The van der Waals surface area contributed by atoms with Crippen LogP contribution in [0, 0.1) is 0 Å². The standard InChI is InChI=1S/C31H24N4O/c36-22-29-32-27(34-30(23-13-5-1-6-14-23)24-15-7-2-8-16-24)21-28(33-29)35-31(25-17-9-3-10-18-25)26-19-11-4-12-20-26/h1-21,36H,22H2. The second-order valence-electron chi connectivity index (χ2n) is 8.04. The third kappa shape index (κ3) is 5.49. The molecule has 36 heavy (non-hydrogen) atoms. The quantitative estimate of drug-likeness (QED) is 0.285. The van der Waals surface area contributed by atoms with E-state index < -0.39 is 0 Å². The van der Waals surface area contributed by atoms with Crippen LogP contribution in [0.2, 0.25) is 0 Å². The molecule has 5 rings (SSSR count). The van der Waals surface area contributed by atoms with Gasteiger partial charge in [-0.25, -0.2) is 20.0 Å². The number of rotatable bonds is 7. The van der Waals surface area contributed by atoms with Gasteiger partial charge in [-0.3, -0.25) is 0 Å². The Balaban J connectivity index is 1.66.